The van der Waals surface area contributed by atoms with Gasteiger partial charge in [-0.3, -0.25) is 40.5 Å². The van der Waals surface area contributed by atoms with E-state index >= 15 is 0 Å². The number of nitrogens with one attached hydrogen (secondary N) is 4. The molecule has 0 aliphatic carbocycles. The van der Waals surface area contributed by atoms with Gasteiger partial charge in [0.2, 0.25) is 11.9 Å². The number of imidazole rings is 2. The molecule has 0 aliphatic rings. The van der Waals surface area contributed by atoms with Gasteiger partial charge in [0, 0.05) is 35.4 Å². The number of hydrogen-bond donors (Lipinski definition) is 4. The lowest BCUT2D eigenvalue weighted by atomic mass is 10.1. The van der Waals surface area contributed by atoms with Gasteiger partial charge in [0.15, 0.2) is 0 Å². The fraction of sp³-hybridized carbons (Fsp3) is 0. The minimum Gasteiger partial charge on any atom is -0.324 e. The highest BCUT2D eigenvalue weighted by Crippen LogP contribution is 2.22. The number of non-ortho nitro benzene ring substituents is 2. The summed E-state index contributed by atoms with van der Waals surface area (Å²) >= 11 is 0. The highest BCUT2D eigenvalue weighted by Gasteiger charge is 2.16. The van der Waals surface area contributed by atoms with E-state index in [1.165, 1.54) is 60.7 Å². The third-order valence-corrected chi connectivity index (χ3v) is 5.20. The van der Waals surface area contributed by atoms with E-state index in [1.807, 2.05) is 0 Å². The van der Waals surface area contributed by atoms with Gasteiger partial charge in [-0.2, -0.15) is 0 Å². The number of fused-ring (bicyclic) bond motifs is 2. The molecule has 0 atom stereocenters. The number of aromatic amines is 2. The van der Waals surface area contributed by atoms with Crippen LogP contribution in [0.15, 0.2) is 60.7 Å². The summed E-state index contributed by atoms with van der Waals surface area (Å²) in [6.07, 6.45) is 0. The van der Waals surface area contributed by atoms with E-state index in [2.05, 4.69) is 30.6 Å². The van der Waals surface area contributed by atoms with Crippen molar-refractivity contribution in [2.75, 3.05) is 10.6 Å². The second kappa shape index (κ2) is 8.60. The predicted molar refractivity (Wildman–Crippen MR) is 128 cm³/mol. The van der Waals surface area contributed by atoms with Crippen LogP contribution in [-0.2, 0) is 0 Å². The Morgan fingerprint density at radius 1 is 0.694 bits per heavy atom. The lowest BCUT2D eigenvalue weighted by Crippen LogP contribution is -2.16. The number of nitro benzene ring substituents is 2. The van der Waals surface area contributed by atoms with Crippen molar-refractivity contribution in [3.8, 4) is 0 Å². The van der Waals surface area contributed by atoms with Gasteiger partial charge in [-0.15, -0.1) is 0 Å². The van der Waals surface area contributed by atoms with Crippen molar-refractivity contribution in [2.45, 2.75) is 0 Å². The molecule has 5 rings (SSSR count). The van der Waals surface area contributed by atoms with Gasteiger partial charge in [-0.1, -0.05) is 6.07 Å². The standard InChI is InChI=1S/C22H14N8O6/c31-19(27-21-23-15-6-4-13(29(33)34)9-17(15)25-21)11-2-1-3-12(8-11)20(32)28-22-24-16-7-5-14(30(35)36)10-18(16)26-22/h1-10H,(H2,23,25,27,31)(H2,24,26,28,32). The first-order valence-corrected chi connectivity index (χ1v) is 10.3. The molecule has 2 aromatic heterocycles. The summed E-state index contributed by atoms with van der Waals surface area (Å²) in [5.41, 5.74) is 1.70. The molecule has 178 valence electrons. The Morgan fingerprint density at radius 2 is 1.14 bits per heavy atom. The van der Waals surface area contributed by atoms with Crippen LogP contribution in [0.4, 0.5) is 23.3 Å². The maximum Gasteiger partial charge on any atom is 0.271 e. The lowest BCUT2D eigenvalue weighted by Gasteiger charge is -2.05. The van der Waals surface area contributed by atoms with Crippen LogP contribution in [0.1, 0.15) is 20.7 Å². The SMILES string of the molecule is O=C(Nc1nc2ccc([N+](=O)[O-])cc2[nH]1)c1cccc(C(=O)Nc2nc3ccc([N+](=O)[O-])cc3[nH]2)c1. The number of carbonyl (C=O) groups excluding carboxylic acids is 2. The maximum absolute atomic E-state index is 12.7. The summed E-state index contributed by atoms with van der Waals surface area (Å²) in [4.78, 5) is 60.2. The molecule has 0 saturated carbocycles. The second-order valence-electron chi connectivity index (χ2n) is 7.58. The Morgan fingerprint density at radius 3 is 1.56 bits per heavy atom. The number of benzene rings is 3. The van der Waals surface area contributed by atoms with Crippen molar-refractivity contribution in [3.63, 3.8) is 0 Å². The normalized spacial score (nSPS) is 10.9. The monoisotopic (exact) mass is 486 g/mol. The van der Waals surface area contributed by atoms with Crippen LogP contribution in [0.25, 0.3) is 22.1 Å². The number of H-pyrrole nitrogens is 2. The number of carbonyl (C=O) groups is 2. The van der Waals surface area contributed by atoms with E-state index in [-0.39, 0.29) is 34.4 Å². The fourth-order valence-electron chi connectivity index (χ4n) is 3.50. The zero-order valence-corrected chi connectivity index (χ0v) is 18.0. The van der Waals surface area contributed by atoms with E-state index in [1.54, 1.807) is 0 Å². The molecule has 0 unspecified atom stereocenters. The molecular weight excluding hydrogens is 472 g/mol. The molecule has 14 heteroatoms. The first-order chi connectivity index (χ1) is 17.3. The highest BCUT2D eigenvalue weighted by molar-refractivity contribution is 6.08. The van der Waals surface area contributed by atoms with Gasteiger partial charge in [-0.05, 0) is 30.3 Å². The summed E-state index contributed by atoms with van der Waals surface area (Å²) in [6.45, 7) is 0. The Kier molecular flexibility index (Phi) is 5.29. The van der Waals surface area contributed by atoms with Gasteiger partial charge in [0.05, 0.1) is 31.9 Å². The van der Waals surface area contributed by atoms with E-state index in [0.717, 1.165) is 0 Å². The molecule has 4 N–H and O–H groups in total. The van der Waals surface area contributed by atoms with Crippen LogP contribution >= 0.6 is 0 Å². The number of hydrogen-bond acceptors (Lipinski definition) is 8. The average molecular weight is 486 g/mol. The van der Waals surface area contributed by atoms with E-state index in [0.29, 0.717) is 22.1 Å². The minimum atomic E-state index is -0.561. The molecule has 3 aromatic carbocycles. The van der Waals surface area contributed by atoms with E-state index < -0.39 is 21.7 Å². The molecule has 2 heterocycles. The molecule has 0 spiro atoms. The van der Waals surface area contributed by atoms with E-state index in [9.17, 15) is 29.8 Å². The third kappa shape index (κ3) is 4.28. The van der Waals surface area contributed by atoms with E-state index in [4.69, 9.17) is 0 Å². The molecule has 36 heavy (non-hydrogen) atoms. The number of aromatic nitrogens is 4. The summed E-state index contributed by atoms with van der Waals surface area (Å²) < 4.78 is 0. The quantitative estimate of drug-likeness (QED) is 0.205. The van der Waals surface area contributed by atoms with Gasteiger partial charge in [-0.25, -0.2) is 9.97 Å². The highest BCUT2D eigenvalue weighted by atomic mass is 16.6. The molecule has 5 aromatic rings. The Hall–Kier alpha value is -5.66. The number of nitrogens with zero attached hydrogens (tertiary/aromatic N) is 4. The average Bonchev–Trinajstić information content (AvgIpc) is 3.45. The number of rotatable bonds is 6. The Balaban J connectivity index is 1.32. The topological polar surface area (TPSA) is 202 Å². The van der Waals surface area contributed by atoms with Crippen molar-refractivity contribution in [1.29, 1.82) is 0 Å². The first kappa shape index (κ1) is 22.1. The van der Waals surface area contributed by atoms with Gasteiger partial charge < -0.3 is 9.97 Å². The summed E-state index contributed by atoms with van der Waals surface area (Å²) in [6, 6.07) is 14.0. The molecule has 0 radical (unpaired) electrons. The number of anilines is 2. The largest absolute Gasteiger partial charge is 0.324 e. The number of amides is 2. The van der Waals surface area contributed by atoms with Crippen LogP contribution < -0.4 is 10.6 Å². The van der Waals surface area contributed by atoms with Crippen molar-refractivity contribution >= 4 is 57.2 Å². The summed E-state index contributed by atoms with van der Waals surface area (Å²) in [5.74, 6) is -0.952. The smallest absolute Gasteiger partial charge is 0.271 e. The maximum atomic E-state index is 12.7. The lowest BCUT2D eigenvalue weighted by molar-refractivity contribution is -0.384. The van der Waals surface area contributed by atoms with Crippen molar-refractivity contribution in [2.24, 2.45) is 0 Å². The molecule has 0 aliphatic heterocycles. The molecule has 0 bridgehead atoms. The molecule has 0 fully saturated rings. The molecule has 2 amide bonds. The predicted octanol–water partition coefficient (Wildman–Crippen LogP) is 3.76. The van der Waals surface area contributed by atoms with Crippen LogP contribution in [0.2, 0.25) is 0 Å². The van der Waals surface area contributed by atoms with Gasteiger partial charge in [0.1, 0.15) is 0 Å². The Labute approximate surface area is 199 Å². The summed E-state index contributed by atoms with van der Waals surface area (Å²) in [5, 5.41) is 27.0. The summed E-state index contributed by atoms with van der Waals surface area (Å²) in [7, 11) is 0. The molecule has 0 saturated heterocycles. The minimum absolute atomic E-state index is 0.0849. The fourth-order valence-corrected chi connectivity index (χ4v) is 3.50. The number of nitro groups is 2. The zero-order valence-electron chi connectivity index (χ0n) is 18.0. The van der Waals surface area contributed by atoms with Crippen molar-refractivity contribution in [1.82, 2.24) is 19.9 Å². The third-order valence-electron chi connectivity index (χ3n) is 5.20. The van der Waals surface area contributed by atoms with Crippen LogP contribution in [-0.4, -0.2) is 41.6 Å². The molecule has 14 nitrogen and oxygen atoms in total. The van der Waals surface area contributed by atoms with Crippen molar-refractivity contribution in [3.05, 3.63) is 92.0 Å². The van der Waals surface area contributed by atoms with Crippen LogP contribution in [0, 0.1) is 20.2 Å². The van der Waals surface area contributed by atoms with Crippen LogP contribution in [0.3, 0.4) is 0 Å². The zero-order chi connectivity index (χ0) is 25.4. The first-order valence-electron chi connectivity index (χ1n) is 10.3. The van der Waals surface area contributed by atoms with Crippen molar-refractivity contribution < 1.29 is 19.4 Å². The second-order valence-corrected chi connectivity index (χ2v) is 7.58. The Bertz CT molecular complexity index is 1580. The van der Waals surface area contributed by atoms with Gasteiger partial charge >= 0.3 is 0 Å². The van der Waals surface area contributed by atoms with Gasteiger partial charge in [0.25, 0.3) is 23.2 Å². The molecular formula is C22H14N8O6. The van der Waals surface area contributed by atoms with Crippen LogP contribution in [0.5, 0.6) is 0 Å².